The fourth-order valence-corrected chi connectivity index (χ4v) is 3.94. The largest absolute Gasteiger partial charge is 0.485 e. The van der Waals surface area contributed by atoms with Gasteiger partial charge in [-0.25, -0.2) is 0 Å². The number of nitrogens with one attached hydrogen (secondary N) is 1. The van der Waals surface area contributed by atoms with Crippen LogP contribution in [0.1, 0.15) is 42.4 Å². The molecule has 0 saturated heterocycles. The highest BCUT2D eigenvalue weighted by Gasteiger charge is 2.17. The summed E-state index contributed by atoms with van der Waals surface area (Å²) in [6, 6.07) is 14.0. The van der Waals surface area contributed by atoms with E-state index in [9.17, 15) is 4.79 Å². The van der Waals surface area contributed by atoms with Crippen LogP contribution >= 0.6 is 11.8 Å². The maximum absolute atomic E-state index is 12.4. The minimum atomic E-state index is -0.0687. The van der Waals surface area contributed by atoms with Gasteiger partial charge in [0.25, 0.3) is 0 Å². The molecular formula is C23H28N4O2S. The summed E-state index contributed by atoms with van der Waals surface area (Å²) >= 11 is 1.38. The van der Waals surface area contributed by atoms with E-state index in [1.54, 1.807) is 0 Å². The van der Waals surface area contributed by atoms with Gasteiger partial charge in [-0.2, -0.15) is 0 Å². The topological polar surface area (TPSA) is 69.0 Å². The van der Waals surface area contributed by atoms with Crippen LogP contribution < -0.4 is 10.1 Å². The highest BCUT2D eigenvalue weighted by atomic mass is 32.2. The van der Waals surface area contributed by atoms with Gasteiger partial charge in [-0.15, -0.1) is 10.2 Å². The van der Waals surface area contributed by atoms with Crippen LogP contribution in [-0.4, -0.2) is 26.4 Å². The molecule has 1 aromatic heterocycles. The molecule has 1 N–H and O–H groups in total. The Hall–Kier alpha value is -2.80. The molecule has 0 aliphatic carbocycles. The maximum Gasteiger partial charge on any atom is 0.234 e. The van der Waals surface area contributed by atoms with Crippen molar-refractivity contribution in [2.24, 2.45) is 0 Å². The molecule has 0 fully saturated rings. The number of hydrogen-bond acceptors (Lipinski definition) is 5. The predicted octanol–water partition coefficient (Wildman–Crippen LogP) is 5.09. The van der Waals surface area contributed by atoms with Crippen molar-refractivity contribution in [2.45, 2.75) is 52.4 Å². The molecule has 0 bridgehead atoms. The number of rotatable bonds is 8. The quantitative estimate of drug-likeness (QED) is 0.510. The number of carbonyl (C=O) groups is 1. The van der Waals surface area contributed by atoms with Gasteiger partial charge in [0.05, 0.1) is 5.75 Å². The highest BCUT2D eigenvalue weighted by Crippen LogP contribution is 2.25. The number of aryl methyl sites for hydroxylation is 3. The summed E-state index contributed by atoms with van der Waals surface area (Å²) in [5, 5.41) is 12.3. The van der Waals surface area contributed by atoms with E-state index in [0.29, 0.717) is 11.8 Å². The van der Waals surface area contributed by atoms with Gasteiger partial charge in [-0.3, -0.25) is 4.79 Å². The first-order chi connectivity index (χ1) is 14.3. The smallest absolute Gasteiger partial charge is 0.234 e. The molecule has 7 heteroatoms. The van der Waals surface area contributed by atoms with Gasteiger partial charge in [0.2, 0.25) is 5.91 Å². The Morgan fingerprint density at radius 2 is 1.87 bits per heavy atom. The molecule has 0 atom stereocenters. The van der Waals surface area contributed by atoms with Crippen molar-refractivity contribution in [1.82, 2.24) is 14.8 Å². The van der Waals surface area contributed by atoms with Crippen molar-refractivity contribution >= 4 is 23.4 Å². The molecule has 0 spiro atoms. The lowest BCUT2D eigenvalue weighted by Gasteiger charge is -2.15. The summed E-state index contributed by atoms with van der Waals surface area (Å²) in [4.78, 5) is 12.4. The van der Waals surface area contributed by atoms with E-state index >= 15 is 0 Å². The summed E-state index contributed by atoms with van der Waals surface area (Å²) in [6.07, 6.45) is 0. The molecule has 0 aliphatic heterocycles. The zero-order valence-corrected chi connectivity index (χ0v) is 18.9. The van der Waals surface area contributed by atoms with Crippen LogP contribution in [-0.2, 0) is 11.4 Å². The molecular weight excluding hydrogens is 396 g/mol. The summed E-state index contributed by atoms with van der Waals surface area (Å²) in [6.45, 7) is 10.5. The average molecular weight is 425 g/mol. The monoisotopic (exact) mass is 424 g/mol. The Balaban J connectivity index is 1.66. The van der Waals surface area contributed by atoms with Crippen LogP contribution in [0.4, 0.5) is 5.69 Å². The van der Waals surface area contributed by atoms with E-state index in [2.05, 4.69) is 35.4 Å². The average Bonchev–Trinajstić information content (AvgIpc) is 3.12. The Bertz CT molecular complexity index is 1030. The van der Waals surface area contributed by atoms with Crippen molar-refractivity contribution in [1.29, 1.82) is 0 Å². The van der Waals surface area contributed by atoms with E-state index in [1.165, 1.54) is 11.8 Å². The van der Waals surface area contributed by atoms with Crippen LogP contribution in [0.15, 0.2) is 47.6 Å². The maximum atomic E-state index is 12.4. The third-order valence-corrected chi connectivity index (χ3v) is 5.65. The van der Waals surface area contributed by atoms with E-state index in [-0.39, 0.29) is 17.7 Å². The van der Waals surface area contributed by atoms with E-state index < -0.39 is 0 Å². The molecule has 0 aliphatic rings. The van der Waals surface area contributed by atoms with Gasteiger partial charge in [0, 0.05) is 11.7 Å². The Morgan fingerprint density at radius 3 is 2.60 bits per heavy atom. The Kier molecular flexibility index (Phi) is 7.15. The zero-order chi connectivity index (χ0) is 21.7. The molecule has 0 radical (unpaired) electrons. The van der Waals surface area contributed by atoms with Crippen LogP contribution in [0.3, 0.4) is 0 Å². The normalized spacial score (nSPS) is 11.0. The van der Waals surface area contributed by atoms with Crippen LogP contribution in [0.5, 0.6) is 5.75 Å². The number of amides is 1. The van der Waals surface area contributed by atoms with Crippen molar-refractivity contribution in [3.05, 3.63) is 65.0 Å². The van der Waals surface area contributed by atoms with Gasteiger partial charge >= 0.3 is 0 Å². The second-order valence-electron chi connectivity index (χ2n) is 7.57. The number of hydrogen-bond donors (Lipinski definition) is 1. The molecule has 30 heavy (non-hydrogen) atoms. The van der Waals surface area contributed by atoms with Crippen LogP contribution in [0.2, 0.25) is 0 Å². The fourth-order valence-electron chi connectivity index (χ4n) is 3.06. The first kappa shape index (κ1) is 21.9. The second kappa shape index (κ2) is 9.80. The number of anilines is 1. The van der Waals surface area contributed by atoms with Crippen LogP contribution in [0.25, 0.3) is 0 Å². The molecule has 158 valence electrons. The summed E-state index contributed by atoms with van der Waals surface area (Å²) in [5.41, 5.74) is 4.10. The number of thioether (sulfide) groups is 1. The van der Waals surface area contributed by atoms with E-state index in [1.807, 2.05) is 61.7 Å². The van der Waals surface area contributed by atoms with Gasteiger partial charge in [0.15, 0.2) is 11.0 Å². The first-order valence-corrected chi connectivity index (χ1v) is 11.0. The third-order valence-electron chi connectivity index (χ3n) is 4.70. The third kappa shape index (κ3) is 5.42. The minimum absolute atomic E-state index is 0.0687. The van der Waals surface area contributed by atoms with E-state index in [4.69, 9.17) is 4.74 Å². The number of carbonyl (C=O) groups excluding carboxylic acids is 1. The predicted molar refractivity (Wildman–Crippen MR) is 121 cm³/mol. The molecule has 0 unspecified atom stereocenters. The minimum Gasteiger partial charge on any atom is -0.485 e. The summed E-state index contributed by atoms with van der Waals surface area (Å²) in [5.74, 6) is 1.78. The lowest BCUT2D eigenvalue weighted by atomic mass is 10.1. The number of nitrogens with zero attached hydrogens (tertiary/aromatic N) is 3. The van der Waals surface area contributed by atoms with Gasteiger partial charge in [-0.1, -0.05) is 42.1 Å². The van der Waals surface area contributed by atoms with Crippen molar-refractivity contribution in [2.75, 3.05) is 11.1 Å². The zero-order valence-electron chi connectivity index (χ0n) is 18.1. The molecule has 3 aromatic rings. The molecule has 1 amide bonds. The molecule has 1 heterocycles. The van der Waals surface area contributed by atoms with Gasteiger partial charge in [-0.05, 0) is 63.4 Å². The Morgan fingerprint density at radius 1 is 1.10 bits per heavy atom. The number of para-hydroxylation sites is 1. The molecule has 0 saturated carbocycles. The number of aromatic nitrogens is 3. The lowest BCUT2D eigenvalue weighted by molar-refractivity contribution is -0.113. The molecule has 6 nitrogen and oxygen atoms in total. The van der Waals surface area contributed by atoms with Gasteiger partial charge in [0.1, 0.15) is 12.4 Å². The first-order valence-electron chi connectivity index (χ1n) is 9.97. The van der Waals surface area contributed by atoms with Crippen LogP contribution in [0, 0.1) is 20.8 Å². The highest BCUT2D eigenvalue weighted by molar-refractivity contribution is 7.99. The molecule has 3 rings (SSSR count). The standard InChI is InChI=1S/C23H28N4O2S/c1-15(2)27-21(13-29-20-12-16(3)10-11-18(20)5)25-26-23(27)30-14-22(28)24-19-9-7-6-8-17(19)4/h6-12,15H,13-14H2,1-5H3,(H,24,28). The van der Waals surface area contributed by atoms with Crippen molar-refractivity contribution in [3.63, 3.8) is 0 Å². The lowest BCUT2D eigenvalue weighted by Crippen LogP contribution is -2.16. The van der Waals surface area contributed by atoms with Crippen molar-refractivity contribution < 1.29 is 9.53 Å². The molecule has 2 aromatic carbocycles. The number of ether oxygens (including phenoxy) is 1. The number of benzene rings is 2. The SMILES string of the molecule is Cc1ccc(C)c(OCc2nnc(SCC(=O)Nc3ccccc3C)n2C(C)C)c1. The summed E-state index contributed by atoms with van der Waals surface area (Å²) < 4.78 is 8.04. The fraction of sp³-hybridized carbons (Fsp3) is 0.348. The Labute approximate surface area is 182 Å². The second-order valence-corrected chi connectivity index (χ2v) is 8.51. The van der Waals surface area contributed by atoms with Crippen molar-refractivity contribution in [3.8, 4) is 5.75 Å². The summed E-state index contributed by atoms with van der Waals surface area (Å²) in [7, 11) is 0. The van der Waals surface area contributed by atoms with Gasteiger partial charge < -0.3 is 14.6 Å². The van der Waals surface area contributed by atoms with E-state index in [0.717, 1.165) is 34.0 Å².